The highest BCUT2D eigenvalue weighted by Crippen LogP contribution is 2.21. The quantitative estimate of drug-likeness (QED) is 0.809. The monoisotopic (exact) mass is 354 g/mol. The van der Waals surface area contributed by atoms with Crippen molar-refractivity contribution in [3.63, 3.8) is 0 Å². The van der Waals surface area contributed by atoms with Gasteiger partial charge < -0.3 is 10.1 Å². The van der Waals surface area contributed by atoms with Crippen LogP contribution in [0.25, 0.3) is 0 Å². The fraction of sp³-hybridized carbons (Fsp3) is 0.647. The summed E-state index contributed by atoms with van der Waals surface area (Å²) in [6, 6.07) is 9.06. The molecule has 1 aromatic carbocycles. The van der Waals surface area contributed by atoms with Crippen LogP contribution < -0.4 is 5.32 Å². The van der Waals surface area contributed by atoms with Gasteiger partial charge in [0.05, 0.1) is 12.7 Å². The highest BCUT2D eigenvalue weighted by molar-refractivity contribution is 9.10. The summed E-state index contributed by atoms with van der Waals surface area (Å²) >= 11 is 3.57. The normalized spacial score (nSPS) is 21.4. The van der Waals surface area contributed by atoms with E-state index in [9.17, 15) is 0 Å². The van der Waals surface area contributed by atoms with E-state index in [2.05, 4.69) is 64.3 Å². The lowest BCUT2D eigenvalue weighted by atomic mass is 10.0. The van der Waals surface area contributed by atoms with Crippen LogP contribution in [0.1, 0.15) is 38.3 Å². The second kappa shape index (κ2) is 8.89. The van der Waals surface area contributed by atoms with Crippen LogP contribution in [0.2, 0.25) is 0 Å². The molecule has 1 aliphatic rings. The van der Waals surface area contributed by atoms with Crippen molar-refractivity contribution in [1.29, 1.82) is 0 Å². The summed E-state index contributed by atoms with van der Waals surface area (Å²) in [6.07, 6.45) is 2.67. The molecule has 1 N–H and O–H groups in total. The van der Waals surface area contributed by atoms with Crippen molar-refractivity contribution >= 4 is 15.9 Å². The smallest absolute Gasteiger partial charge is 0.0700 e. The Morgan fingerprint density at radius 2 is 2.29 bits per heavy atom. The molecule has 3 nitrogen and oxygen atoms in total. The van der Waals surface area contributed by atoms with Crippen LogP contribution in [0.3, 0.4) is 0 Å². The number of nitrogens with one attached hydrogen (secondary N) is 1. The number of rotatable bonds is 7. The molecule has 0 radical (unpaired) electrons. The molecule has 2 rings (SSSR count). The number of nitrogens with zero attached hydrogens (tertiary/aromatic N) is 1. The second-order valence-corrected chi connectivity index (χ2v) is 6.57. The Kier molecular flexibility index (Phi) is 7.17. The van der Waals surface area contributed by atoms with Gasteiger partial charge in [-0.05, 0) is 37.1 Å². The molecule has 0 amide bonds. The van der Waals surface area contributed by atoms with Gasteiger partial charge in [0.1, 0.15) is 0 Å². The summed E-state index contributed by atoms with van der Waals surface area (Å²) in [4.78, 5) is 2.54. The summed E-state index contributed by atoms with van der Waals surface area (Å²) in [5.74, 6) is 0. The van der Waals surface area contributed by atoms with Gasteiger partial charge in [0.25, 0.3) is 0 Å². The van der Waals surface area contributed by atoms with Crippen molar-refractivity contribution in [2.24, 2.45) is 0 Å². The van der Waals surface area contributed by atoms with Gasteiger partial charge in [-0.15, -0.1) is 0 Å². The van der Waals surface area contributed by atoms with Gasteiger partial charge >= 0.3 is 0 Å². The van der Waals surface area contributed by atoms with Crippen LogP contribution in [-0.2, 0) is 4.74 Å². The van der Waals surface area contributed by atoms with E-state index >= 15 is 0 Å². The van der Waals surface area contributed by atoms with Gasteiger partial charge in [-0.25, -0.2) is 0 Å². The number of ether oxygens (including phenoxy) is 1. The first-order valence-corrected chi connectivity index (χ1v) is 8.85. The first-order chi connectivity index (χ1) is 10.2. The van der Waals surface area contributed by atoms with Gasteiger partial charge in [0, 0.05) is 30.1 Å². The van der Waals surface area contributed by atoms with Gasteiger partial charge in [-0.3, -0.25) is 4.90 Å². The number of hydrogen-bond acceptors (Lipinski definition) is 3. The largest absolute Gasteiger partial charge is 0.376 e. The van der Waals surface area contributed by atoms with Crippen LogP contribution >= 0.6 is 15.9 Å². The summed E-state index contributed by atoms with van der Waals surface area (Å²) in [6.45, 7) is 9.52. The third-order valence-electron chi connectivity index (χ3n) is 4.11. The zero-order chi connectivity index (χ0) is 15.1. The van der Waals surface area contributed by atoms with E-state index in [1.54, 1.807) is 0 Å². The lowest BCUT2D eigenvalue weighted by Gasteiger charge is -2.33. The number of benzene rings is 1. The number of hydrogen-bond donors (Lipinski definition) is 1. The van der Waals surface area contributed by atoms with Crippen LogP contribution in [0.15, 0.2) is 28.7 Å². The molecule has 0 aromatic heterocycles. The molecule has 1 fully saturated rings. The fourth-order valence-corrected chi connectivity index (χ4v) is 3.32. The molecular formula is C17H27BrN2O. The molecular weight excluding hydrogens is 328 g/mol. The molecule has 118 valence electrons. The van der Waals surface area contributed by atoms with E-state index in [-0.39, 0.29) is 0 Å². The Morgan fingerprint density at radius 3 is 3.00 bits per heavy atom. The van der Waals surface area contributed by atoms with Crippen molar-refractivity contribution in [2.45, 2.75) is 38.8 Å². The zero-order valence-electron chi connectivity index (χ0n) is 13.1. The Labute approximate surface area is 137 Å². The minimum atomic E-state index is 0.419. The topological polar surface area (TPSA) is 24.5 Å². The van der Waals surface area contributed by atoms with Crippen molar-refractivity contribution < 1.29 is 4.74 Å². The molecule has 2 unspecified atom stereocenters. The van der Waals surface area contributed by atoms with Crippen molar-refractivity contribution in [2.75, 3.05) is 32.8 Å². The van der Waals surface area contributed by atoms with Crippen LogP contribution in [0, 0.1) is 0 Å². The number of morpholine rings is 1. The van der Waals surface area contributed by atoms with E-state index < -0.39 is 0 Å². The van der Waals surface area contributed by atoms with Crippen LogP contribution in [-0.4, -0.2) is 43.8 Å². The summed E-state index contributed by atoms with van der Waals surface area (Å²) in [5.41, 5.74) is 1.37. The average Bonchev–Trinajstić information content (AvgIpc) is 2.51. The molecule has 2 atom stereocenters. The highest BCUT2D eigenvalue weighted by atomic mass is 79.9. The summed E-state index contributed by atoms with van der Waals surface area (Å²) in [5, 5.41) is 3.61. The van der Waals surface area contributed by atoms with Gasteiger partial charge in [0.2, 0.25) is 0 Å². The molecule has 1 heterocycles. The third kappa shape index (κ3) is 5.37. The molecule has 1 aromatic rings. The average molecular weight is 355 g/mol. The van der Waals surface area contributed by atoms with Crippen molar-refractivity contribution in [3.05, 3.63) is 34.3 Å². The lowest BCUT2D eigenvalue weighted by molar-refractivity contribution is -0.0305. The molecule has 0 saturated carbocycles. The summed E-state index contributed by atoms with van der Waals surface area (Å²) in [7, 11) is 0. The number of halogens is 1. The molecule has 1 aliphatic heterocycles. The molecule has 0 spiro atoms. The van der Waals surface area contributed by atoms with Crippen LogP contribution in [0.4, 0.5) is 0 Å². The fourth-order valence-electron chi connectivity index (χ4n) is 2.90. The van der Waals surface area contributed by atoms with E-state index in [0.717, 1.165) is 50.1 Å². The Hall–Kier alpha value is -0.420. The maximum Gasteiger partial charge on any atom is 0.0700 e. The van der Waals surface area contributed by atoms with Gasteiger partial charge in [-0.2, -0.15) is 0 Å². The first-order valence-electron chi connectivity index (χ1n) is 8.05. The zero-order valence-corrected chi connectivity index (χ0v) is 14.7. The molecule has 0 aliphatic carbocycles. The minimum Gasteiger partial charge on any atom is -0.376 e. The van der Waals surface area contributed by atoms with E-state index in [0.29, 0.717) is 12.1 Å². The Balaban J connectivity index is 1.91. The van der Waals surface area contributed by atoms with E-state index in [4.69, 9.17) is 4.74 Å². The predicted octanol–water partition coefficient (Wildman–Crippen LogP) is 3.60. The van der Waals surface area contributed by atoms with Crippen molar-refractivity contribution in [3.8, 4) is 0 Å². The van der Waals surface area contributed by atoms with Gasteiger partial charge in [-0.1, -0.05) is 41.9 Å². The molecule has 4 heteroatoms. The predicted molar refractivity (Wildman–Crippen MR) is 91.6 cm³/mol. The minimum absolute atomic E-state index is 0.419. The molecule has 21 heavy (non-hydrogen) atoms. The maximum absolute atomic E-state index is 5.75. The highest BCUT2D eigenvalue weighted by Gasteiger charge is 2.20. The first kappa shape index (κ1) is 16.9. The standard InChI is InChI=1S/C17H27BrN2O/c1-3-16-13-20(10-11-21-16)9-8-17(19-4-2)14-6-5-7-15(18)12-14/h5-7,12,16-17,19H,3-4,8-11,13H2,1-2H3. The van der Waals surface area contributed by atoms with E-state index in [1.807, 2.05) is 0 Å². The lowest BCUT2D eigenvalue weighted by Crippen LogP contribution is -2.43. The SMILES string of the molecule is CCNC(CCN1CCOC(CC)C1)c1cccc(Br)c1. The Bertz CT molecular complexity index is 427. The van der Waals surface area contributed by atoms with Crippen LogP contribution in [0.5, 0.6) is 0 Å². The molecule has 0 bridgehead atoms. The van der Waals surface area contributed by atoms with E-state index in [1.165, 1.54) is 5.56 Å². The third-order valence-corrected chi connectivity index (χ3v) is 4.61. The van der Waals surface area contributed by atoms with Crippen molar-refractivity contribution in [1.82, 2.24) is 10.2 Å². The molecule has 1 saturated heterocycles. The van der Waals surface area contributed by atoms with Gasteiger partial charge in [0.15, 0.2) is 0 Å². The maximum atomic E-state index is 5.75. The second-order valence-electron chi connectivity index (χ2n) is 5.66. The summed E-state index contributed by atoms with van der Waals surface area (Å²) < 4.78 is 6.90. The Morgan fingerprint density at radius 1 is 1.43 bits per heavy atom.